The fourth-order valence-electron chi connectivity index (χ4n) is 2.50. The SMILES string of the molecule is Cc1ccc([N+](=O)[O-])c(NCC2CN(C)CCN2C)c1. The molecule has 1 atom stereocenters. The van der Waals surface area contributed by atoms with E-state index < -0.39 is 0 Å². The predicted molar refractivity (Wildman–Crippen MR) is 80.2 cm³/mol. The van der Waals surface area contributed by atoms with Gasteiger partial charge in [-0.25, -0.2) is 0 Å². The van der Waals surface area contributed by atoms with Crippen LogP contribution in [0.2, 0.25) is 0 Å². The lowest BCUT2D eigenvalue weighted by molar-refractivity contribution is -0.384. The van der Waals surface area contributed by atoms with Gasteiger partial charge in [0.25, 0.3) is 5.69 Å². The van der Waals surface area contributed by atoms with Gasteiger partial charge in [0.05, 0.1) is 4.92 Å². The Morgan fingerprint density at radius 2 is 2.15 bits per heavy atom. The number of hydrogen-bond acceptors (Lipinski definition) is 5. The first-order valence-corrected chi connectivity index (χ1v) is 6.85. The predicted octanol–water partition coefficient (Wildman–Crippen LogP) is 1.56. The molecule has 1 N–H and O–H groups in total. The molecule has 0 amide bonds. The molecule has 0 saturated carbocycles. The second-order valence-electron chi connectivity index (χ2n) is 5.56. The summed E-state index contributed by atoms with van der Waals surface area (Å²) in [6, 6.07) is 5.54. The summed E-state index contributed by atoms with van der Waals surface area (Å²) in [5.74, 6) is 0. The van der Waals surface area contributed by atoms with E-state index in [0.717, 1.165) is 25.2 Å². The number of nitro groups is 1. The van der Waals surface area contributed by atoms with Crippen LogP contribution < -0.4 is 5.32 Å². The lowest BCUT2D eigenvalue weighted by Crippen LogP contribution is -2.52. The zero-order valence-corrected chi connectivity index (χ0v) is 12.3. The van der Waals surface area contributed by atoms with Crippen molar-refractivity contribution in [3.63, 3.8) is 0 Å². The Morgan fingerprint density at radius 1 is 1.40 bits per heavy atom. The van der Waals surface area contributed by atoms with Crippen LogP contribution >= 0.6 is 0 Å². The molecular weight excluding hydrogens is 256 g/mol. The second kappa shape index (κ2) is 6.19. The van der Waals surface area contributed by atoms with Gasteiger partial charge in [-0.1, -0.05) is 6.07 Å². The third-order valence-corrected chi connectivity index (χ3v) is 3.86. The molecule has 20 heavy (non-hydrogen) atoms. The van der Waals surface area contributed by atoms with Crippen LogP contribution in [0.25, 0.3) is 0 Å². The van der Waals surface area contributed by atoms with Gasteiger partial charge >= 0.3 is 0 Å². The Morgan fingerprint density at radius 3 is 2.85 bits per heavy atom. The zero-order valence-electron chi connectivity index (χ0n) is 12.3. The van der Waals surface area contributed by atoms with Gasteiger partial charge in [-0.2, -0.15) is 0 Å². The van der Waals surface area contributed by atoms with Gasteiger partial charge in [0.2, 0.25) is 0 Å². The molecule has 110 valence electrons. The summed E-state index contributed by atoms with van der Waals surface area (Å²) in [7, 11) is 4.21. The number of nitrogens with zero attached hydrogens (tertiary/aromatic N) is 3. The monoisotopic (exact) mass is 278 g/mol. The van der Waals surface area contributed by atoms with Crippen molar-refractivity contribution in [1.82, 2.24) is 9.80 Å². The molecule has 0 radical (unpaired) electrons. The number of likely N-dealkylation sites (N-methyl/N-ethyl adjacent to an activating group) is 2. The minimum atomic E-state index is -0.335. The molecule has 2 rings (SSSR count). The standard InChI is InChI=1S/C14H22N4O2/c1-11-4-5-14(18(19)20)13(8-11)15-9-12-10-16(2)6-7-17(12)3/h4-5,8,12,15H,6-7,9-10H2,1-3H3. The van der Waals surface area contributed by atoms with Crippen molar-refractivity contribution in [2.24, 2.45) is 0 Å². The number of nitrogens with one attached hydrogen (secondary N) is 1. The van der Waals surface area contributed by atoms with Gasteiger partial charge < -0.3 is 10.2 Å². The molecule has 6 heteroatoms. The average molecular weight is 278 g/mol. The number of hydrogen-bond donors (Lipinski definition) is 1. The highest BCUT2D eigenvalue weighted by Gasteiger charge is 2.23. The largest absolute Gasteiger partial charge is 0.378 e. The van der Waals surface area contributed by atoms with Gasteiger partial charge in [0.15, 0.2) is 0 Å². The van der Waals surface area contributed by atoms with Gasteiger partial charge in [-0.3, -0.25) is 15.0 Å². The Balaban J connectivity index is 2.06. The van der Waals surface area contributed by atoms with Crippen LogP contribution in [0.3, 0.4) is 0 Å². The second-order valence-corrected chi connectivity index (χ2v) is 5.56. The van der Waals surface area contributed by atoms with Crippen molar-refractivity contribution in [3.05, 3.63) is 33.9 Å². The third kappa shape index (κ3) is 3.46. The lowest BCUT2D eigenvalue weighted by atomic mass is 10.1. The fraction of sp³-hybridized carbons (Fsp3) is 0.571. The Bertz CT molecular complexity index is 492. The number of anilines is 1. The molecule has 0 spiro atoms. The molecule has 1 aromatic rings. The van der Waals surface area contributed by atoms with E-state index in [4.69, 9.17) is 0 Å². The van der Waals surface area contributed by atoms with E-state index in [2.05, 4.69) is 29.2 Å². The summed E-state index contributed by atoms with van der Waals surface area (Å²) in [6.45, 7) is 5.72. The van der Waals surface area contributed by atoms with E-state index in [9.17, 15) is 10.1 Å². The first kappa shape index (κ1) is 14.7. The number of piperazine rings is 1. The molecule has 6 nitrogen and oxygen atoms in total. The summed E-state index contributed by atoms with van der Waals surface area (Å²) >= 11 is 0. The lowest BCUT2D eigenvalue weighted by Gasteiger charge is -2.37. The normalized spacial score (nSPS) is 20.9. The Hall–Kier alpha value is -1.66. The van der Waals surface area contributed by atoms with Crippen molar-refractivity contribution in [3.8, 4) is 0 Å². The van der Waals surface area contributed by atoms with E-state index in [1.807, 2.05) is 13.0 Å². The number of aryl methyl sites for hydroxylation is 1. The van der Waals surface area contributed by atoms with Crippen LogP contribution in [-0.2, 0) is 0 Å². The molecule has 1 aromatic carbocycles. The molecule has 1 aliphatic rings. The van der Waals surface area contributed by atoms with Crippen LogP contribution in [0, 0.1) is 17.0 Å². The van der Waals surface area contributed by atoms with E-state index in [1.165, 1.54) is 0 Å². The van der Waals surface area contributed by atoms with Crippen molar-refractivity contribution >= 4 is 11.4 Å². The summed E-state index contributed by atoms with van der Waals surface area (Å²) in [4.78, 5) is 15.3. The summed E-state index contributed by atoms with van der Waals surface area (Å²) in [5, 5.41) is 14.3. The zero-order chi connectivity index (χ0) is 14.7. The molecule has 1 unspecified atom stereocenters. The molecule has 1 saturated heterocycles. The molecule has 1 fully saturated rings. The smallest absolute Gasteiger partial charge is 0.292 e. The van der Waals surface area contributed by atoms with E-state index in [0.29, 0.717) is 18.3 Å². The molecule has 0 aliphatic carbocycles. The molecule has 0 bridgehead atoms. The maximum atomic E-state index is 11.0. The van der Waals surface area contributed by atoms with Gasteiger partial charge in [-0.05, 0) is 32.6 Å². The van der Waals surface area contributed by atoms with Crippen LogP contribution in [-0.4, -0.2) is 61.0 Å². The Labute approximate surface area is 119 Å². The molecular formula is C14H22N4O2. The van der Waals surface area contributed by atoms with Gasteiger partial charge in [-0.15, -0.1) is 0 Å². The quantitative estimate of drug-likeness (QED) is 0.669. The van der Waals surface area contributed by atoms with Crippen LogP contribution in [0.15, 0.2) is 18.2 Å². The summed E-state index contributed by atoms with van der Waals surface area (Å²) in [5.41, 5.74) is 1.77. The number of benzene rings is 1. The fourth-order valence-corrected chi connectivity index (χ4v) is 2.50. The topological polar surface area (TPSA) is 61.7 Å². The van der Waals surface area contributed by atoms with Crippen LogP contribution in [0.4, 0.5) is 11.4 Å². The van der Waals surface area contributed by atoms with Crippen LogP contribution in [0.1, 0.15) is 5.56 Å². The highest BCUT2D eigenvalue weighted by molar-refractivity contribution is 5.62. The van der Waals surface area contributed by atoms with Crippen LogP contribution in [0.5, 0.6) is 0 Å². The highest BCUT2D eigenvalue weighted by atomic mass is 16.6. The average Bonchev–Trinajstić information content (AvgIpc) is 2.39. The van der Waals surface area contributed by atoms with Crippen molar-refractivity contribution in [1.29, 1.82) is 0 Å². The molecule has 1 aliphatic heterocycles. The number of rotatable bonds is 4. The maximum absolute atomic E-state index is 11.0. The van der Waals surface area contributed by atoms with E-state index >= 15 is 0 Å². The Kier molecular flexibility index (Phi) is 4.57. The van der Waals surface area contributed by atoms with Crippen molar-refractivity contribution < 1.29 is 4.92 Å². The first-order valence-electron chi connectivity index (χ1n) is 6.85. The summed E-state index contributed by atoms with van der Waals surface area (Å²) in [6.07, 6.45) is 0. The number of nitro benzene ring substituents is 1. The van der Waals surface area contributed by atoms with Crippen molar-refractivity contribution in [2.45, 2.75) is 13.0 Å². The van der Waals surface area contributed by atoms with E-state index in [-0.39, 0.29) is 10.6 Å². The maximum Gasteiger partial charge on any atom is 0.292 e. The minimum Gasteiger partial charge on any atom is -0.378 e. The first-order chi connectivity index (χ1) is 9.47. The van der Waals surface area contributed by atoms with Gasteiger partial charge in [0, 0.05) is 38.3 Å². The minimum absolute atomic E-state index is 0.141. The third-order valence-electron chi connectivity index (χ3n) is 3.86. The van der Waals surface area contributed by atoms with E-state index in [1.54, 1.807) is 12.1 Å². The van der Waals surface area contributed by atoms with Crippen molar-refractivity contribution in [2.75, 3.05) is 45.6 Å². The van der Waals surface area contributed by atoms with Gasteiger partial charge in [0.1, 0.15) is 5.69 Å². The molecule has 0 aromatic heterocycles. The summed E-state index contributed by atoms with van der Waals surface area (Å²) < 4.78 is 0. The molecule has 1 heterocycles. The highest BCUT2D eigenvalue weighted by Crippen LogP contribution is 2.25.